The molecule has 6 nitrogen and oxygen atoms in total. The van der Waals surface area contributed by atoms with Gasteiger partial charge in [0.05, 0.1) is 13.1 Å². The van der Waals surface area contributed by atoms with E-state index in [4.69, 9.17) is 0 Å². The fourth-order valence-electron chi connectivity index (χ4n) is 4.67. The van der Waals surface area contributed by atoms with Crippen molar-refractivity contribution in [2.75, 3.05) is 38.5 Å². The zero-order valence-corrected chi connectivity index (χ0v) is 21.8. The maximum atomic E-state index is 13.0. The van der Waals surface area contributed by atoms with Crippen LogP contribution in [0, 0.1) is 25.7 Å². The summed E-state index contributed by atoms with van der Waals surface area (Å²) in [6.45, 7) is 9.97. The van der Waals surface area contributed by atoms with E-state index in [-0.39, 0.29) is 36.6 Å². The van der Waals surface area contributed by atoms with Gasteiger partial charge in [-0.25, -0.2) is 0 Å². The number of Topliss-reactive ketones (excluding diaryl/α,β-unsaturated/α-hetero) is 1. The first-order chi connectivity index (χ1) is 16.6. The second kappa shape index (κ2) is 12.1. The number of para-hydroxylation sites is 1. The number of benzene rings is 2. The van der Waals surface area contributed by atoms with Crippen molar-refractivity contribution in [3.63, 3.8) is 0 Å². The average molecular weight is 478 g/mol. The molecular formula is C29H39N3O3. The summed E-state index contributed by atoms with van der Waals surface area (Å²) in [5.41, 5.74) is 4.84. The van der Waals surface area contributed by atoms with Crippen LogP contribution in [0.3, 0.4) is 0 Å². The highest BCUT2D eigenvalue weighted by Crippen LogP contribution is 2.23. The molecule has 2 aromatic carbocycles. The van der Waals surface area contributed by atoms with Crippen LogP contribution < -0.4 is 5.32 Å². The summed E-state index contributed by atoms with van der Waals surface area (Å²) < 4.78 is 0. The van der Waals surface area contributed by atoms with Crippen molar-refractivity contribution < 1.29 is 14.4 Å². The summed E-state index contributed by atoms with van der Waals surface area (Å²) in [5.74, 6) is 0.494. The summed E-state index contributed by atoms with van der Waals surface area (Å²) in [6, 6.07) is 13.9. The third kappa shape index (κ3) is 7.49. The molecule has 1 saturated heterocycles. The number of rotatable bonds is 9. The standard InChI is InChI=1S/C29H39N3O3/c1-20(2)17-23-9-11-24(12-10-23)29(35)25-13-15-32(16-14-25)19-27(34)31(5)18-26(33)30-28-21(3)7-6-8-22(28)4/h6-12,20,25H,13-19H2,1-5H3,(H,30,33). The minimum Gasteiger partial charge on any atom is -0.335 e. The number of carbonyl (C=O) groups is 3. The molecule has 1 aliphatic rings. The smallest absolute Gasteiger partial charge is 0.243 e. The number of aryl methyl sites for hydroxylation is 2. The lowest BCUT2D eigenvalue weighted by atomic mass is 9.88. The second-order valence-electron chi connectivity index (χ2n) is 10.3. The maximum Gasteiger partial charge on any atom is 0.243 e. The van der Waals surface area contributed by atoms with Crippen molar-refractivity contribution in [2.45, 2.75) is 47.0 Å². The van der Waals surface area contributed by atoms with Crippen LogP contribution in [0.25, 0.3) is 0 Å². The molecule has 0 saturated carbocycles. The van der Waals surface area contributed by atoms with E-state index in [0.29, 0.717) is 19.0 Å². The molecule has 0 bridgehead atoms. The number of likely N-dealkylation sites (tertiary alicyclic amines) is 1. The molecule has 1 fully saturated rings. The van der Waals surface area contributed by atoms with Gasteiger partial charge in [-0.1, -0.05) is 56.3 Å². The van der Waals surface area contributed by atoms with Crippen LogP contribution in [0.4, 0.5) is 5.69 Å². The van der Waals surface area contributed by atoms with Crippen molar-refractivity contribution in [3.05, 3.63) is 64.7 Å². The van der Waals surface area contributed by atoms with Crippen LogP contribution in [-0.2, 0) is 16.0 Å². The van der Waals surface area contributed by atoms with Gasteiger partial charge in [-0.2, -0.15) is 0 Å². The molecule has 0 atom stereocenters. The second-order valence-corrected chi connectivity index (χ2v) is 10.3. The number of ketones is 1. The molecule has 35 heavy (non-hydrogen) atoms. The Hall–Kier alpha value is -2.99. The predicted octanol–water partition coefficient (Wildman–Crippen LogP) is 4.49. The highest BCUT2D eigenvalue weighted by Gasteiger charge is 2.27. The van der Waals surface area contributed by atoms with Gasteiger partial charge in [-0.3, -0.25) is 19.3 Å². The molecule has 2 aromatic rings. The Kier molecular flexibility index (Phi) is 9.21. The summed E-state index contributed by atoms with van der Waals surface area (Å²) in [4.78, 5) is 41.7. The van der Waals surface area contributed by atoms with Crippen molar-refractivity contribution in [1.29, 1.82) is 0 Å². The van der Waals surface area contributed by atoms with Crippen LogP contribution in [0.1, 0.15) is 53.7 Å². The van der Waals surface area contributed by atoms with Crippen LogP contribution in [0.5, 0.6) is 0 Å². The Morgan fingerprint density at radius 3 is 2.17 bits per heavy atom. The number of nitrogens with one attached hydrogen (secondary N) is 1. The molecule has 1 aliphatic heterocycles. The summed E-state index contributed by atoms with van der Waals surface area (Å²) in [7, 11) is 1.66. The minimum atomic E-state index is -0.207. The molecule has 1 N–H and O–H groups in total. The predicted molar refractivity (Wildman–Crippen MR) is 141 cm³/mol. The molecule has 6 heteroatoms. The summed E-state index contributed by atoms with van der Waals surface area (Å²) in [6.07, 6.45) is 2.51. The first kappa shape index (κ1) is 26.6. The quantitative estimate of drug-likeness (QED) is 0.540. The summed E-state index contributed by atoms with van der Waals surface area (Å²) >= 11 is 0. The SMILES string of the molecule is Cc1cccc(C)c1NC(=O)CN(C)C(=O)CN1CCC(C(=O)c2ccc(CC(C)C)cc2)CC1. The third-order valence-corrected chi connectivity index (χ3v) is 6.75. The zero-order valence-electron chi connectivity index (χ0n) is 21.8. The molecule has 2 amide bonds. The van der Waals surface area contributed by atoms with E-state index in [9.17, 15) is 14.4 Å². The topological polar surface area (TPSA) is 69.7 Å². The van der Waals surface area contributed by atoms with E-state index < -0.39 is 0 Å². The van der Waals surface area contributed by atoms with Crippen molar-refractivity contribution in [2.24, 2.45) is 11.8 Å². The van der Waals surface area contributed by atoms with Gasteiger partial charge in [-0.15, -0.1) is 0 Å². The fraction of sp³-hybridized carbons (Fsp3) is 0.483. The number of nitrogens with zero attached hydrogens (tertiary/aromatic N) is 2. The van der Waals surface area contributed by atoms with E-state index in [1.54, 1.807) is 7.05 Å². The average Bonchev–Trinajstić information content (AvgIpc) is 2.81. The van der Waals surface area contributed by atoms with Gasteiger partial charge in [0.25, 0.3) is 0 Å². The number of hydrogen-bond donors (Lipinski definition) is 1. The van der Waals surface area contributed by atoms with Gasteiger partial charge in [0.15, 0.2) is 5.78 Å². The minimum absolute atomic E-state index is 0.00170. The molecule has 0 aromatic heterocycles. The molecule has 0 radical (unpaired) electrons. The van der Waals surface area contributed by atoms with Crippen molar-refractivity contribution in [1.82, 2.24) is 9.80 Å². The molecular weight excluding hydrogens is 438 g/mol. The molecule has 1 heterocycles. The van der Waals surface area contributed by atoms with Crippen molar-refractivity contribution >= 4 is 23.3 Å². The van der Waals surface area contributed by atoms with Gasteiger partial charge in [0.2, 0.25) is 11.8 Å². The molecule has 0 unspecified atom stereocenters. The Morgan fingerprint density at radius 2 is 1.60 bits per heavy atom. The lowest BCUT2D eigenvalue weighted by Crippen LogP contribution is -2.45. The molecule has 188 valence electrons. The van der Waals surface area contributed by atoms with Crippen molar-refractivity contribution in [3.8, 4) is 0 Å². The lowest BCUT2D eigenvalue weighted by molar-refractivity contribution is -0.134. The Balaban J connectivity index is 1.44. The number of hydrogen-bond acceptors (Lipinski definition) is 4. The summed E-state index contributed by atoms with van der Waals surface area (Å²) in [5, 5.41) is 2.93. The Labute approximate surface area is 209 Å². The van der Waals surface area contributed by atoms with E-state index in [1.807, 2.05) is 44.2 Å². The van der Waals surface area contributed by atoms with Crippen LogP contribution in [0.2, 0.25) is 0 Å². The van der Waals surface area contributed by atoms with Gasteiger partial charge in [-0.05, 0) is 68.8 Å². The Bertz CT molecular complexity index is 1020. The molecule has 0 spiro atoms. The maximum absolute atomic E-state index is 13.0. The van der Waals surface area contributed by atoms with Crippen LogP contribution in [-0.4, -0.2) is 60.6 Å². The fourth-order valence-corrected chi connectivity index (χ4v) is 4.67. The van der Waals surface area contributed by atoms with Gasteiger partial charge >= 0.3 is 0 Å². The lowest BCUT2D eigenvalue weighted by Gasteiger charge is -2.31. The van der Waals surface area contributed by atoms with E-state index in [1.165, 1.54) is 10.5 Å². The third-order valence-electron chi connectivity index (χ3n) is 6.75. The normalized spacial score (nSPS) is 14.7. The Morgan fingerprint density at radius 1 is 1.00 bits per heavy atom. The zero-order chi connectivity index (χ0) is 25.5. The molecule has 0 aliphatic carbocycles. The number of likely N-dealkylation sites (N-methyl/N-ethyl adjacent to an activating group) is 1. The van der Waals surface area contributed by atoms with Gasteiger partial charge in [0.1, 0.15) is 0 Å². The highest BCUT2D eigenvalue weighted by molar-refractivity contribution is 5.98. The van der Waals surface area contributed by atoms with E-state index in [2.05, 4.69) is 36.2 Å². The molecule has 3 rings (SSSR count). The van der Waals surface area contributed by atoms with E-state index >= 15 is 0 Å². The van der Waals surface area contributed by atoms with Crippen LogP contribution >= 0.6 is 0 Å². The first-order valence-corrected chi connectivity index (χ1v) is 12.6. The van der Waals surface area contributed by atoms with Crippen LogP contribution in [0.15, 0.2) is 42.5 Å². The van der Waals surface area contributed by atoms with Gasteiger partial charge in [0, 0.05) is 24.2 Å². The number of anilines is 1. The number of carbonyl (C=O) groups excluding carboxylic acids is 3. The number of amides is 2. The van der Waals surface area contributed by atoms with E-state index in [0.717, 1.165) is 41.6 Å². The highest BCUT2D eigenvalue weighted by atomic mass is 16.2. The number of piperidine rings is 1. The first-order valence-electron chi connectivity index (χ1n) is 12.6. The monoisotopic (exact) mass is 477 g/mol. The van der Waals surface area contributed by atoms with Gasteiger partial charge < -0.3 is 10.2 Å². The largest absolute Gasteiger partial charge is 0.335 e.